The molecule has 1 atom stereocenters. The molecule has 1 aliphatic rings. The van der Waals surface area contributed by atoms with Crippen molar-refractivity contribution in [3.8, 4) is 0 Å². The first kappa shape index (κ1) is 14.5. The van der Waals surface area contributed by atoms with E-state index < -0.39 is 12.0 Å². The molecule has 1 saturated heterocycles. The Kier molecular flexibility index (Phi) is 4.64. The molecule has 2 rings (SSSR count). The van der Waals surface area contributed by atoms with Crippen molar-refractivity contribution in [1.29, 1.82) is 0 Å². The van der Waals surface area contributed by atoms with Crippen molar-refractivity contribution in [3.63, 3.8) is 0 Å². The van der Waals surface area contributed by atoms with E-state index in [1.165, 1.54) is 4.90 Å². The fourth-order valence-corrected chi connectivity index (χ4v) is 2.36. The number of carboxylic acid groups (broad SMARTS) is 1. The van der Waals surface area contributed by atoms with E-state index in [1.807, 2.05) is 0 Å². The molecule has 0 saturated carbocycles. The van der Waals surface area contributed by atoms with Crippen molar-refractivity contribution in [3.05, 3.63) is 32.4 Å². The highest BCUT2D eigenvalue weighted by Gasteiger charge is 2.33. The Labute approximate surface area is 128 Å². The van der Waals surface area contributed by atoms with E-state index in [0.717, 1.165) is 3.57 Å². The third-order valence-corrected chi connectivity index (χ3v) is 4.41. The lowest BCUT2D eigenvalue weighted by molar-refractivity contribution is -0.147. The number of hydrogen-bond acceptors (Lipinski definition) is 3. The number of hydrogen-bond donors (Lipinski definition) is 1. The average molecular weight is 396 g/mol. The first-order valence-electron chi connectivity index (χ1n) is 5.57. The van der Waals surface area contributed by atoms with Crippen LogP contribution in [0, 0.1) is 3.57 Å². The first-order valence-corrected chi connectivity index (χ1v) is 7.03. The van der Waals surface area contributed by atoms with Crippen LogP contribution in [0.5, 0.6) is 0 Å². The van der Waals surface area contributed by atoms with Gasteiger partial charge in [-0.05, 0) is 40.8 Å². The predicted molar refractivity (Wildman–Crippen MR) is 77.4 cm³/mol. The number of amides is 1. The molecule has 1 aromatic rings. The van der Waals surface area contributed by atoms with Crippen LogP contribution in [-0.2, 0) is 9.53 Å². The maximum Gasteiger partial charge on any atom is 0.328 e. The zero-order valence-corrected chi connectivity index (χ0v) is 12.7. The number of morpholine rings is 1. The number of halogens is 2. The van der Waals surface area contributed by atoms with Crippen LogP contribution in [0.4, 0.5) is 0 Å². The zero-order chi connectivity index (χ0) is 14.0. The number of nitrogens with zero attached hydrogens (tertiary/aromatic N) is 1. The minimum Gasteiger partial charge on any atom is -0.480 e. The first-order chi connectivity index (χ1) is 9.00. The van der Waals surface area contributed by atoms with Crippen LogP contribution in [-0.4, -0.2) is 47.7 Å². The van der Waals surface area contributed by atoms with Gasteiger partial charge < -0.3 is 14.7 Å². The van der Waals surface area contributed by atoms with Gasteiger partial charge in [-0.3, -0.25) is 4.79 Å². The maximum absolute atomic E-state index is 12.3. The van der Waals surface area contributed by atoms with Crippen molar-refractivity contribution in [1.82, 2.24) is 4.90 Å². The van der Waals surface area contributed by atoms with Crippen LogP contribution in [0.2, 0.25) is 5.02 Å². The molecule has 1 amide bonds. The summed E-state index contributed by atoms with van der Waals surface area (Å²) in [6.45, 7) is 0.617. The molecule has 0 radical (unpaired) electrons. The average Bonchev–Trinajstić information content (AvgIpc) is 2.41. The number of carbonyl (C=O) groups is 2. The largest absolute Gasteiger partial charge is 0.480 e. The van der Waals surface area contributed by atoms with Crippen molar-refractivity contribution in [2.45, 2.75) is 6.04 Å². The normalized spacial score (nSPS) is 19.3. The minimum absolute atomic E-state index is 0.0131. The lowest BCUT2D eigenvalue weighted by atomic mass is 10.1. The molecule has 7 heteroatoms. The van der Waals surface area contributed by atoms with Gasteiger partial charge in [-0.15, -0.1) is 0 Å². The molecule has 102 valence electrons. The molecular formula is C12H11ClINO4. The second kappa shape index (κ2) is 6.06. The molecule has 1 aliphatic heterocycles. The quantitative estimate of drug-likeness (QED) is 0.777. The smallest absolute Gasteiger partial charge is 0.328 e. The predicted octanol–water partition coefficient (Wildman–Crippen LogP) is 1.87. The van der Waals surface area contributed by atoms with Crippen LogP contribution < -0.4 is 0 Å². The summed E-state index contributed by atoms with van der Waals surface area (Å²) >= 11 is 8.04. The summed E-state index contributed by atoms with van der Waals surface area (Å²) in [5.41, 5.74) is 0.388. The van der Waals surface area contributed by atoms with Crippen LogP contribution in [0.1, 0.15) is 10.4 Å². The van der Waals surface area contributed by atoms with Gasteiger partial charge in [0.2, 0.25) is 0 Å². The Bertz CT molecular complexity index is 522. The Morgan fingerprint density at radius 1 is 1.47 bits per heavy atom. The molecule has 1 heterocycles. The molecule has 0 spiro atoms. The standard InChI is InChI=1S/C12H11ClINO4/c13-8-5-7(1-2-9(8)14)11(16)15-3-4-19-6-10(15)12(17)18/h1-2,5,10H,3-4,6H2,(H,17,18). The van der Waals surface area contributed by atoms with Crippen LogP contribution >= 0.6 is 34.2 Å². The van der Waals surface area contributed by atoms with E-state index in [4.69, 9.17) is 21.4 Å². The van der Waals surface area contributed by atoms with Crippen molar-refractivity contribution < 1.29 is 19.4 Å². The fraction of sp³-hybridized carbons (Fsp3) is 0.333. The summed E-state index contributed by atoms with van der Waals surface area (Å²) in [4.78, 5) is 24.8. The van der Waals surface area contributed by atoms with E-state index in [-0.39, 0.29) is 19.1 Å². The highest BCUT2D eigenvalue weighted by Crippen LogP contribution is 2.21. The number of benzene rings is 1. The number of carboxylic acids is 1. The van der Waals surface area contributed by atoms with E-state index in [9.17, 15) is 9.59 Å². The van der Waals surface area contributed by atoms with Gasteiger partial charge in [0, 0.05) is 15.7 Å². The molecule has 0 aromatic heterocycles. The zero-order valence-electron chi connectivity index (χ0n) is 9.81. The second-order valence-corrected chi connectivity index (χ2v) is 5.63. The summed E-state index contributed by atoms with van der Waals surface area (Å²) in [6.07, 6.45) is 0. The van der Waals surface area contributed by atoms with Gasteiger partial charge in [0.15, 0.2) is 6.04 Å². The molecule has 19 heavy (non-hydrogen) atoms. The number of carbonyl (C=O) groups excluding carboxylic acids is 1. The second-order valence-electron chi connectivity index (χ2n) is 4.06. The number of ether oxygens (including phenoxy) is 1. The Balaban J connectivity index is 2.26. The monoisotopic (exact) mass is 395 g/mol. The van der Waals surface area contributed by atoms with Crippen LogP contribution in [0.3, 0.4) is 0 Å². The van der Waals surface area contributed by atoms with E-state index in [0.29, 0.717) is 17.2 Å². The van der Waals surface area contributed by atoms with Gasteiger partial charge in [-0.1, -0.05) is 11.6 Å². The van der Waals surface area contributed by atoms with Crippen molar-refractivity contribution in [2.24, 2.45) is 0 Å². The van der Waals surface area contributed by atoms with Crippen molar-refractivity contribution in [2.75, 3.05) is 19.8 Å². The third kappa shape index (κ3) is 3.18. The maximum atomic E-state index is 12.3. The Hall–Kier alpha value is -0.860. The van der Waals surface area contributed by atoms with Gasteiger partial charge in [0.1, 0.15) is 0 Å². The Morgan fingerprint density at radius 3 is 2.84 bits per heavy atom. The van der Waals surface area contributed by atoms with Gasteiger partial charge >= 0.3 is 5.97 Å². The molecular weight excluding hydrogens is 384 g/mol. The molecule has 0 bridgehead atoms. The summed E-state index contributed by atoms with van der Waals surface area (Å²) in [5, 5.41) is 9.58. The minimum atomic E-state index is -1.07. The number of aliphatic carboxylic acids is 1. The summed E-state index contributed by atoms with van der Waals surface area (Å²) in [7, 11) is 0. The third-order valence-electron chi connectivity index (χ3n) is 2.84. The van der Waals surface area contributed by atoms with E-state index in [2.05, 4.69) is 22.6 Å². The Morgan fingerprint density at radius 2 is 2.21 bits per heavy atom. The number of rotatable bonds is 2. The molecule has 1 fully saturated rings. The molecule has 0 aliphatic carbocycles. The van der Waals surface area contributed by atoms with Gasteiger partial charge in [0.25, 0.3) is 5.91 Å². The molecule has 1 N–H and O–H groups in total. The summed E-state index contributed by atoms with van der Waals surface area (Å²) < 4.78 is 5.94. The van der Waals surface area contributed by atoms with Gasteiger partial charge in [-0.25, -0.2) is 4.79 Å². The molecule has 1 aromatic carbocycles. The fourth-order valence-electron chi connectivity index (χ4n) is 1.85. The topological polar surface area (TPSA) is 66.8 Å². The van der Waals surface area contributed by atoms with Gasteiger partial charge in [-0.2, -0.15) is 0 Å². The van der Waals surface area contributed by atoms with Crippen LogP contribution in [0.25, 0.3) is 0 Å². The highest BCUT2D eigenvalue weighted by molar-refractivity contribution is 14.1. The lowest BCUT2D eigenvalue weighted by Gasteiger charge is -2.32. The SMILES string of the molecule is O=C(O)C1COCCN1C(=O)c1ccc(I)c(Cl)c1. The highest BCUT2D eigenvalue weighted by atomic mass is 127. The van der Waals surface area contributed by atoms with E-state index in [1.54, 1.807) is 18.2 Å². The van der Waals surface area contributed by atoms with Crippen molar-refractivity contribution >= 4 is 46.1 Å². The summed E-state index contributed by atoms with van der Waals surface area (Å²) in [5.74, 6) is -1.40. The van der Waals surface area contributed by atoms with E-state index >= 15 is 0 Å². The molecule has 1 unspecified atom stereocenters. The van der Waals surface area contributed by atoms with Gasteiger partial charge in [0.05, 0.1) is 18.2 Å². The summed E-state index contributed by atoms with van der Waals surface area (Å²) in [6, 6.07) is 3.98. The van der Waals surface area contributed by atoms with Crippen LogP contribution in [0.15, 0.2) is 18.2 Å². The molecule has 5 nitrogen and oxygen atoms in total. The lowest BCUT2D eigenvalue weighted by Crippen LogP contribution is -2.52.